The first-order valence-electron chi connectivity index (χ1n) is 7.55. The Balaban J connectivity index is 1.90. The highest BCUT2D eigenvalue weighted by molar-refractivity contribution is 7.46. The number of hydrogen-bond acceptors (Lipinski definition) is 10. The van der Waals surface area contributed by atoms with E-state index < -0.39 is 39.0 Å². The molecule has 13 nitrogen and oxygen atoms in total. The van der Waals surface area contributed by atoms with Crippen LogP contribution in [0, 0.1) is 0 Å². The van der Waals surface area contributed by atoms with Crippen LogP contribution in [-0.2, 0) is 13.8 Å². The van der Waals surface area contributed by atoms with Gasteiger partial charge < -0.3 is 35.2 Å². The van der Waals surface area contributed by atoms with E-state index in [-0.39, 0.29) is 23.0 Å². The lowest BCUT2D eigenvalue weighted by Gasteiger charge is -2.16. The molecule has 3 heterocycles. The summed E-state index contributed by atoms with van der Waals surface area (Å²) in [6.07, 6.45) is -3.90. The fourth-order valence-electron chi connectivity index (χ4n) is 2.56. The second-order valence-corrected chi connectivity index (χ2v) is 6.72. The maximum Gasteiger partial charge on any atom is 0.469 e. The van der Waals surface area contributed by atoms with E-state index in [9.17, 15) is 14.8 Å². The predicted octanol–water partition coefficient (Wildman–Crippen LogP) is -1.46. The number of phosphoric ester groups is 1. The molecule has 0 bridgehead atoms. The molecule has 1 aliphatic rings. The first-order chi connectivity index (χ1) is 12.2. The van der Waals surface area contributed by atoms with Gasteiger partial charge in [0.25, 0.3) is 0 Å². The topological polar surface area (TPSA) is 195 Å². The molecule has 1 aliphatic heterocycles. The van der Waals surface area contributed by atoms with Gasteiger partial charge in [-0.2, -0.15) is 9.97 Å². The summed E-state index contributed by atoms with van der Waals surface area (Å²) in [6.45, 7) is 1.43. The number of nitrogen functional groups attached to an aromatic ring is 1. The fraction of sp³-hybridized carbons (Fsp3) is 0.583. The molecule has 1 saturated heterocycles. The maximum absolute atomic E-state index is 10.8. The molecule has 144 valence electrons. The van der Waals surface area contributed by atoms with Crippen molar-refractivity contribution in [2.45, 2.75) is 31.5 Å². The van der Waals surface area contributed by atoms with Crippen molar-refractivity contribution in [3.8, 4) is 6.01 Å². The van der Waals surface area contributed by atoms with Gasteiger partial charge in [0, 0.05) is 0 Å². The standard InChI is InChI=1S/C12H18N5O8P/c1-2-23-12-15-9(13)6-10(16-12)17(4-14-6)11-8(19)7(18)5(25-11)3-24-26(20,21)22/h4-5,7-8,11,18-19H,2-3H2,1H3,(H2,13,15,16)(H2,20,21,22)/t5-,7+,8?,11-/m1/s1. The average Bonchev–Trinajstić information content (AvgIpc) is 3.08. The Labute approximate surface area is 146 Å². The Morgan fingerprint density at radius 1 is 1.35 bits per heavy atom. The molecule has 0 aromatic carbocycles. The number of fused-ring (bicyclic) bond motifs is 1. The Kier molecular flexibility index (Phi) is 5.12. The van der Waals surface area contributed by atoms with Crippen LogP contribution in [0.4, 0.5) is 5.82 Å². The van der Waals surface area contributed by atoms with Crippen molar-refractivity contribution in [3.63, 3.8) is 0 Å². The number of aliphatic hydroxyl groups is 2. The van der Waals surface area contributed by atoms with Crippen LogP contribution < -0.4 is 10.5 Å². The molecule has 6 N–H and O–H groups in total. The summed E-state index contributed by atoms with van der Waals surface area (Å²) in [5.74, 6) is 0.0617. The monoisotopic (exact) mass is 391 g/mol. The fourth-order valence-corrected chi connectivity index (χ4v) is 2.91. The third kappa shape index (κ3) is 3.64. The van der Waals surface area contributed by atoms with E-state index in [2.05, 4.69) is 19.5 Å². The Morgan fingerprint density at radius 2 is 2.08 bits per heavy atom. The summed E-state index contributed by atoms with van der Waals surface area (Å²) in [5, 5.41) is 20.3. The zero-order valence-corrected chi connectivity index (χ0v) is 14.4. The molecule has 2 aromatic heterocycles. The van der Waals surface area contributed by atoms with E-state index in [4.69, 9.17) is 25.0 Å². The lowest BCUT2D eigenvalue weighted by Crippen LogP contribution is -2.33. The first-order valence-corrected chi connectivity index (χ1v) is 9.08. The van der Waals surface area contributed by atoms with Crippen molar-refractivity contribution in [1.82, 2.24) is 19.5 Å². The Morgan fingerprint density at radius 3 is 2.73 bits per heavy atom. The molecule has 0 aliphatic carbocycles. The smallest absolute Gasteiger partial charge is 0.464 e. The molecule has 1 fully saturated rings. The number of phosphoric acid groups is 1. The zero-order valence-electron chi connectivity index (χ0n) is 13.5. The number of rotatable bonds is 6. The summed E-state index contributed by atoms with van der Waals surface area (Å²) in [5.41, 5.74) is 6.26. The van der Waals surface area contributed by atoms with Crippen LogP contribution in [-0.4, -0.2) is 71.0 Å². The Hall–Kier alpha value is -1.86. The molecule has 1 unspecified atom stereocenters. The lowest BCUT2D eigenvalue weighted by atomic mass is 10.1. The van der Waals surface area contributed by atoms with Gasteiger partial charge in [0.2, 0.25) is 0 Å². The minimum Gasteiger partial charge on any atom is -0.464 e. The van der Waals surface area contributed by atoms with Gasteiger partial charge in [-0.05, 0) is 6.92 Å². The number of aromatic nitrogens is 4. The van der Waals surface area contributed by atoms with Crippen LogP contribution in [0.15, 0.2) is 6.33 Å². The molecule has 0 saturated carbocycles. The lowest BCUT2D eigenvalue weighted by molar-refractivity contribution is -0.0504. The van der Waals surface area contributed by atoms with Gasteiger partial charge in [-0.15, -0.1) is 0 Å². The maximum atomic E-state index is 10.8. The molecule has 14 heteroatoms. The highest BCUT2D eigenvalue weighted by atomic mass is 31.2. The van der Waals surface area contributed by atoms with E-state index in [1.165, 1.54) is 10.9 Å². The van der Waals surface area contributed by atoms with Crippen molar-refractivity contribution >= 4 is 24.8 Å². The normalized spacial score (nSPS) is 26.5. The van der Waals surface area contributed by atoms with Crippen molar-refractivity contribution in [2.24, 2.45) is 0 Å². The van der Waals surface area contributed by atoms with Gasteiger partial charge in [-0.1, -0.05) is 0 Å². The van der Waals surface area contributed by atoms with Gasteiger partial charge in [-0.25, -0.2) is 9.55 Å². The third-order valence-corrected chi connectivity index (χ3v) is 4.21. The molecule has 4 atom stereocenters. The second-order valence-electron chi connectivity index (χ2n) is 5.48. The number of nitrogens with zero attached hydrogens (tertiary/aromatic N) is 4. The average molecular weight is 391 g/mol. The van der Waals surface area contributed by atoms with Gasteiger partial charge in [0.15, 0.2) is 23.2 Å². The molecule has 0 radical (unpaired) electrons. The van der Waals surface area contributed by atoms with E-state index in [0.29, 0.717) is 6.61 Å². The highest BCUT2D eigenvalue weighted by Crippen LogP contribution is 2.39. The molecular formula is C12H18N5O8P. The summed E-state index contributed by atoms with van der Waals surface area (Å²) in [7, 11) is -4.75. The van der Waals surface area contributed by atoms with Crippen molar-refractivity contribution < 1.29 is 38.6 Å². The SMILES string of the molecule is CCOc1nc(N)c2ncn([C@@H]3O[C@H](COP(=O)(O)O)[C@H](O)C3O)c2n1. The van der Waals surface area contributed by atoms with E-state index >= 15 is 0 Å². The van der Waals surface area contributed by atoms with Gasteiger partial charge in [0.1, 0.15) is 18.3 Å². The van der Waals surface area contributed by atoms with Crippen molar-refractivity contribution in [3.05, 3.63) is 6.33 Å². The number of imidazole rings is 1. The van der Waals surface area contributed by atoms with Gasteiger partial charge >= 0.3 is 13.8 Å². The van der Waals surface area contributed by atoms with E-state index in [1.54, 1.807) is 6.92 Å². The van der Waals surface area contributed by atoms with Crippen LogP contribution in [0.3, 0.4) is 0 Å². The minimum atomic E-state index is -4.75. The van der Waals surface area contributed by atoms with Crippen LogP contribution in [0.2, 0.25) is 0 Å². The molecule has 0 amide bonds. The van der Waals surface area contributed by atoms with Crippen molar-refractivity contribution in [2.75, 3.05) is 18.9 Å². The molecular weight excluding hydrogens is 373 g/mol. The third-order valence-electron chi connectivity index (χ3n) is 3.72. The number of anilines is 1. The predicted molar refractivity (Wildman–Crippen MR) is 84.8 cm³/mol. The number of hydrogen-bond donors (Lipinski definition) is 5. The first kappa shape index (κ1) is 18.9. The highest BCUT2D eigenvalue weighted by Gasteiger charge is 2.45. The molecule has 3 rings (SSSR count). The van der Waals surface area contributed by atoms with Gasteiger partial charge in [-0.3, -0.25) is 9.09 Å². The van der Waals surface area contributed by atoms with Crippen LogP contribution in [0.1, 0.15) is 13.2 Å². The van der Waals surface area contributed by atoms with Crippen LogP contribution in [0.25, 0.3) is 11.2 Å². The Bertz CT molecular complexity index is 840. The quantitative estimate of drug-likeness (QED) is 0.359. The van der Waals surface area contributed by atoms with Crippen LogP contribution in [0.5, 0.6) is 6.01 Å². The van der Waals surface area contributed by atoms with Crippen LogP contribution >= 0.6 is 7.82 Å². The minimum absolute atomic E-state index is 0.00803. The van der Waals surface area contributed by atoms with Crippen molar-refractivity contribution in [1.29, 1.82) is 0 Å². The number of nitrogens with two attached hydrogens (primary N) is 1. The van der Waals surface area contributed by atoms with Gasteiger partial charge in [0.05, 0.1) is 19.5 Å². The summed E-state index contributed by atoms with van der Waals surface area (Å²) >= 11 is 0. The number of ether oxygens (including phenoxy) is 2. The summed E-state index contributed by atoms with van der Waals surface area (Å²) in [6, 6.07) is 0.00803. The largest absolute Gasteiger partial charge is 0.469 e. The number of aliphatic hydroxyl groups excluding tert-OH is 2. The second kappa shape index (κ2) is 7.04. The summed E-state index contributed by atoms with van der Waals surface area (Å²) in [4.78, 5) is 29.7. The summed E-state index contributed by atoms with van der Waals surface area (Å²) < 4.78 is 27.2. The molecule has 0 spiro atoms. The van der Waals surface area contributed by atoms with E-state index in [1.807, 2.05) is 0 Å². The van der Waals surface area contributed by atoms with E-state index in [0.717, 1.165) is 0 Å². The molecule has 2 aromatic rings. The zero-order chi connectivity index (χ0) is 19.1. The molecule has 26 heavy (non-hydrogen) atoms.